The van der Waals surface area contributed by atoms with Crippen LogP contribution in [0.1, 0.15) is 12.5 Å². The van der Waals surface area contributed by atoms with Gasteiger partial charge in [-0.2, -0.15) is 0 Å². The number of nitrogens with one attached hydrogen (secondary N) is 2. The average Bonchev–Trinajstić information content (AvgIpc) is 2.43. The summed E-state index contributed by atoms with van der Waals surface area (Å²) >= 11 is 3.42. The average molecular weight is 351 g/mol. The molecule has 2 aromatic rings. The van der Waals surface area contributed by atoms with Crippen LogP contribution in [0.25, 0.3) is 0 Å². The number of nitro groups is 1. The lowest BCUT2D eigenvalue weighted by Gasteiger charge is -2.11. The quantitative estimate of drug-likeness (QED) is 0.622. The molecular formula is C14H15BrN4O2. The van der Waals surface area contributed by atoms with E-state index >= 15 is 0 Å². The van der Waals surface area contributed by atoms with Crippen LogP contribution in [0.4, 0.5) is 23.0 Å². The third-order valence-electron chi connectivity index (χ3n) is 2.80. The van der Waals surface area contributed by atoms with Gasteiger partial charge in [-0.3, -0.25) is 10.1 Å². The van der Waals surface area contributed by atoms with Crippen LogP contribution in [0.2, 0.25) is 0 Å². The molecule has 0 saturated carbocycles. The lowest BCUT2D eigenvalue weighted by Crippen LogP contribution is -2.04. The predicted octanol–water partition coefficient (Wildman–Crippen LogP) is 4.24. The summed E-state index contributed by atoms with van der Waals surface area (Å²) in [5, 5.41) is 17.2. The Labute approximate surface area is 130 Å². The van der Waals surface area contributed by atoms with Crippen molar-refractivity contribution >= 4 is 38.9 Å². The Bertz CT molecular complexity index is 676. The van der Waals surface area contributed by atoms with Crippen LogP contribution >= 0.6 is 15.9 Å². The number of halogens is 1. The highest BCUT2D eigenvalue weighted by atomic mass is 79.9. The first-order valence-electron chi connectivity index (χ1n) is 6.43. The minimum Gasteiger partial charge on any atom is -0.370 e. The number of hydrogen-bond donors (Lipinski definition) is 2. The number of nitrogens with zero attached hydrogens (tertiary/aromatic N) is 2. The summed E-state index contributed by atoms with van der Waals surface area (Å²) in [6.45, 7) is 4.58. The van der Waals surface area contributed by atoms with Crippen molar-refractivity contribution in [2.45, 2.75) is 13.8 Å². The summed E-state index contributed by atoms with van der Waals surface area (Å²) in [5.74, 6) is 0.805. The highest BCUT2D eigenvalue weighted by molar-refractivity contribution is 9.10. The standard InChI is InChI=1S/C14H15BrN4O2/c1-3-16-13-7-6-12(19(20)21)14(18-13)17-11-8-9(2)4-5-10(11)15/h4-8H,3H2,1-2H3,(H2,16,17,18). The molecule has 0 atom stereocenters. The number of anilines is 3. The molecule has 0 aliphatic rings. The second-order valence-electron chi connectivity index (χ2n) is 4.46. The molecule has 0 amide bonds. The summed E-state index contributed by atoms with van der Waals surface area (Å²) in [6.07, 6.45) is 0. The van der Waals surface area contributed by atoms with E-state index in [2.05, 4.69) is 31.5 Å². The fourth-order valence-corrected chi connectivity index (χ4v) is 2.18. The molecule has 0 unspecified atom stereocenters. The van der Waals surface area contributed by atoms with E-state index in [1.807, 2.05) is 32.0 Å². The van der Waals surface area contributed by atoms with Crippen LogP contribution < -0.4 is 10.6 Å². The summed E-state index contributed by atoms with van der Waals surface area (Å²) < 4.78 is 0.818. The van der Waals surface area contributed by atoms with Crippen LogP contribution in [0.15, 0.2) is 34.8 Å². The number of rotatable bonds is 5. The van der Waals surface area contributed by atoms with Gasteiger partial charge in [0, 0.05) is 17.1 Å². The summed E-state index contributed by atoms with van der Waals surface area (Å²) in [4.78, 5) is 14.9. The van der Waals surface area contributed by atoms with Gasteiger partial charge in [0.1, 0.15) is 5.82 Å². The molecule has 0 fully saturated rings. The van der Waals surface area contributed by atoms with Gasteiger partial charge in [-0.25, -0.2) is 4.98 Å². The van der Waals surface area contributed by atoms with E-state index in [0.717, 1.165) is 15.7 Å². The van der Waals surface area contributed by atoms with E-state index in [0.29, 0.717) is 12.4 Å². The van der Waals surface area contributed by atoms with Crippen LogP contribution in [0.5, 0.6) is 0 Å². The molecule has 7 heteroatoms. The maximum Gasteiger partial charge on any atom is 0.311 e. The second kappa shape index (κ2) is 6.53. The molecule has 0 aliphatic heterocycles. The Morgan fingerprint density at radius 2 is 2.10 bits per heavy atom. The fraction of sp³-hybridized carbons (Fsp3) is 0.214. The van der Waals surface area contributed by atoms with Crippen molar-refractivity contribution in [3.05, 3.63) is 50.5 Å². The van der Waals surface area contributed by atoms with Crippen molar-refractivity contribution in [2.24, 2.45) is 0 Å². The van der Waals surface area contributed by atoms with Gasteiger partial charge in [-0.15, -0.1) is 0 Å². The second-order valence-corrected chi connectivity index (χ2v) is 5.31. The maximum atomic E-state index is 11.1. The Kier molecular flexibility index (Phi) is 4.74. The third kappa shape index (κ3) is 3.69. The van der Waals surface area contributed by atoms with Gasteiger partial charge in [0.2, 0.25) is 5.82 Å². The molecule has 0 aliphatic carbocycles. The molecule has 21 heavy (non-hydrogen) atoms. The lowest BCUT2D eigenvalue weighted by atomic mass is 10.2. The zero-order valence-electron chi connectivity index (χ0n) is 11.7. The SMILES string of the molecule is CCNc1ccc([N+](=O)[O-])c(Nc2cc(C)ccc2Br)n1. The Morgan fingerprint density at radius 1 is 1.33 bits per heavy atom. The normalized spacial score (nSPS) is 10.2. The molecule has 0 saturated heterocycles. The van der Waals surface area contributed by atoms with Crippen molar-refractivity contribution in [1.82, 2.24) is 4.98 Å². The first-order chi connectivity index (χ1) is 10.0. The molecule has 1 aromatic carbocycles. The van der Waals surface area contributed by atoms with E-state index in [1.54, 1.807) is 6.07 Å². The largest absolute Gasteiger partial charge is 0.370 e. The van der Waals surface area contributed by atoms with Crippen LogP contribution in [0.3, 0.4) is 0 Å². The van der Waals surface area contributed by atoms with Gasteiger partial charge in [0.15, 0.2) is 0 Å². The number of benzene rings is 1. The molecular weight excluding hydrogens is 336 g/mol. The van der Waals surface area contributed by atoms with Crippen molar-refractivity contribution in [3.63, 3.8) is 0 Å². The van der Waals surface area contributed by atoms with Gasteiger partial charge >= 0.3 is 5.69 Å². The molecule has 0 spiro atoms. The Morgan fingerprint density at radius 3 is 2.76 bits per heavy atom. The number of aromatic nitrogens is 1. The van der Waals surface area contributed by atoms with Gasteiger partial charge in [0.25, 0.3) is 0 Å². The molecule has 2 rings (SSSR count). The van der Waals surface area contributed by atoms with Gasteiger partial charge < -0.3 is 10.6 Å². The fourth-order valence-electron chi connectivity index (χ4n) is 1.83. The van der Waals surface area contributed by atoms with Gasteiger partial charge in [-0.05, 0) is 53.5 Å². The topological polar surface area (TPSA) is 80.1 Å². The molecule has 6 nitrogen and oxygen atoms in total. The summed E-state index contributed by atoms with van der Waals surface area (Å²) in [5.41, 5.74) is 1.72. The highest BCUT2D eigenvalue weighted by Gasteiger charge is 2.17. The predicted molar refractivity (Wildman–Crippen MR) is 87.2 cm³/mol. The number of aryl methyl sites for hydroxylation is 1. The Hall–Kier alpha value is -2.15. The van der Waals surface area contributed by atoms with Crippen molar-refractivity contribution in [3.8, 4) is 0 Å². The van der Waals surface area contributed by atoms with Crippen LogP contribution in [-0.4, -0.2) is 16.5 Å². The molecule has 0 radical (unpaired) electrons. The molecule has 2 N–H and O–H groups in total. The van der Waals surface area contributed by atoms with E-state index in [9.17, 15) is 10.1 Å². The maximum absolute atomic E-state index is 11.1. The molecule has 1 aromatic heterocycles. The molecule has 110 valence electrons. The monoisotopic (exact) mass is 350 g/mol. The smallest absolute Gasteiger partial charge is 0.311 e. The summed E-state index contributed by atoms with van der Waals surface area (Å²) in [6, 6.07) is 8.77. The van der Waals surface area contributed by atoms with Gasteiger partial charge in [-0.1, -0.05) is 6.07 Å². The Balaban J connectivity index is 2.43. The van der Waals surface area contributed by atoms with Gasteiger partial charge in [0.05, 0.1) is 10.6 Å². The van der Waals surface area contributed by atoms with E-state index in [4.69, 9.17) is 0 Å². The van der Waals surface area contributed by atoms with Crippen molar-refractivity contribution < 1.29 is 4.92 Å². The first-order valence-corrected chi connectivity index (χ1v) is 7.23. The van der Waals surface area contributed by atoms with Crippen LogP contribution in [0, 0.1) is 17.0 Å². The minimum absolute atomic E-state index is 0.0648. The van der Waals surface area contributed by atoms with E-state index < -0.39 is 4.92 Å². The van der Waals surface area contributed by atoms with Crippen molar-refractivity contribution in [2.75, 3.05) is 17.2 Å². The third-order valence-corrected chi connectivity index (χ3v) is 3.49. The zero-order valence-corrected chi connectivity index (χ0v) is 13.3. The minimum atomic E-state index is -0.450. The van der Waals surface area contributed by atoms with E-state index in [1.165, 1.54) is 6.07 Å². The molecule has 0 bridgehead atoms. The highest BCUT2D eigenvalue weighted by Crippen LogP contribution is 2.31. The first kappa shape index (κ1) is 15.2. The lowest BCUT2D eigenvalue weighted by molar-refractivity contribution is -0.384. The van der Waals surface area contributed by atoms with Crippen molar-refractivity contribution in [1.29, 1.82) is 0 Å². The molecule has 1 heterocycles. The number of pyridine rings is 1. The van der Waals surface area contributed by atoms with E-state index in [-0.39, 0.29) is 11.5 Å². The zero-order chi connectivity index (χ0) is 15.4. The van der Waals surface area contributed by atoms with Crippen LogP contribution in [-0.2, 0) is 0 Å². The number of hydrogen-bond acceptors (Lipinski definition) is 5. The summed E-state index contributed by atoms with van der Waals surface area (Å²) in [7, 11) is 0.